The topological polar surface area (TPSA) is 250 Å². The molecule has 0 unspecified atom stereocenters. The molecule has 526 valence electrons. The standard InChI is InChI=1S/C68H105ClF3N11O11/c1-13-43(4)59-65(93)78(8)40-57(86)76(6)41-58(87)81(11)53(37-45-22-15-14-16-23-45)63(91)77(7)39-55(84)73-50(30-28-47-27-29-48(49(69)36-47)68(70,71)72)62(90)83-33-21-26-51(83)61(89)75-67(31-19-20-32-67)66(94)82(12)54(38-46-24-17-18-25-46)64(92)79(9)44(5)35-56(85)80(10)52(34-42(2)3)60(88)74-59/h27,29,36,42-46,50-54,59H,13-26,28,30-35,37-41H2,1-12H3,(H,73,84)(H,74,88)(H,75,89)/t43-,44+,50-,51-,52-,53-,54-,59-/m0/s1. The van der Waals surface area contributed by atoms with Crippen molar-refractivity contribution in [2.45, 2.75) is 230 Å². The second-order valence-electron chi connectivity index (χ2n) is 28.2. The van der Waals surface area contributed by atoms with E-state index in [9.17, 15) is 51.5 Å². The Bertz CT molecular complexity index is 2880. The SMILES string of the molecule is CC[C@H](C)[C@@H]1NC(=O)[C@H](CC(C)C)N(C)C(=O)C[C@@H](C)N(C)C(=O)[C@H](CC2CCCC2)N(C)C(=O)C2(CCCC2)NC(=O)[C@@H]2CCCN2C(=O)[C@H](CCc2ccc(C(F)(F)F)c(Cl)c2)NC(=O)CN(C)C(=O)[C@H](CC2CCCCC2)N(C)C(=O)CN(C)C(=O)CN(C)C1=O. The van der Waals surface area contributed by atoms with Gasteiger partial charge >= 0.3 is 6.18 Å². The van der Waals surface area contributed by atoms with Crippen molar-refractivity contribution in [1.29, 1.82) is 0 Å². The van der Waals surface area contributed by atoms with E-state index in [1.165, 1.54) is 70.7 Å². The first-order valence-electron chi connectivity index (χ1n) is 34.1. The fourth-order valence-corrected chi connectivity index (χ4v) is 14.6. The fourth-order valence-electron chi connectivity index (χ4n) is 14.3. The lowest BCUT2D eigenvalue weighted by Gasteiger charge is -2.40. The fraction of sp³-hybridized carbons (Fsp3) is 0.750. The van der Waals surface area contributed by atoms with Crippen LogP contribution in [0.25, 0.3) is 0 Å². The monoisotopic (exact) mass is 1340 g/mol. The van der Waals surface area contributed by atoms with Crippen LogP contribution >= 0.6 is 11.6 Å². The Morgan fingerprint density at radius 3 is 1.74 bits per heavy atom. The number of carbonyl (C=O) groups excluding carboxylic acids is 11. The Balaban J connectivity index is 1.38. The van der Waals surface area contributed by atoms with Crippen LogP contribution in [0.1, 0.15) is 181 Å². The number of aryl methyl sites for hydroxylation is 1. The van der Waals surface area contributed by atoms with Crippen LogP contribution < -0.4 is 16.0 Å². The number of nitrogens with zero attached hydrogens (tertiary/aromatic N) is 8. The number of rotatable bonds is 11. The number of nitrogens with one attached hydrogen (secondary N) is 3. The Morgan fingerprint density at radius 1 is 0.606 bits per heavy atom. The Hall–Kier alpha value is -6.53. The summed E-state index contributed by atoms with van der Waals surface area (Å²) in [5.74, 6) is -6.89. The number of amides is 11. The number of hydrogen-bond acceptors (Lipinski definition) is 11. The molecule has 6 rings (SSSR count). The van der Waals surface area contributed by atoms with Crippen LogP contribution in [0.2, 0.25) is 5.02 Å². The molecule has 5 fully saturated rings. The predicted molar refractivity (Wildman–Crippen MR) is 349 cm³/mol. The number of likely N-dealkylation sites (N-methyl/N-ethyl adjacent to an activating group) is 7. The molecular weight excluding hydrogens is 1240 g/mol. The maximum Gasteiger partial charge on any atom is 0.417 e. The quantitative estimate of drug-likeness (QED) is 0.218. The molecular formula is C68H105ClF3N11O11. The van der Waals surface area contributed by atoms with E-state index in [-0.39, 0.29) is 75.7 Å². The summed E-state index contributed by atoms with van der Waals surface area (Å²) >= 11 is 6.14. The molecule has 94 heavy (non-hydrogen) atoms. The minimum Gasteiger partial charge on any atom is -0.343 e. The van der Waals surface area contributed by atoms with Crippen LogP contribution in [0.15, 0.2) is 18.2 Å². The van der Waals surface area contributed by atoms with Gasteiger partial charge in [-0.3, -0.25) is 52.7 Å². The van der Waals surface area contributed by atoms with Crippen molar-refractivity contribution in [1.82, 2.24) is 55.1 Å². The molecule has 1 aromatic rings. The van der Waals surface area contributed by atoms with Gasteiger partial charge in [-0.05, 0) is 106 Å². The smallest absolute Gasteiger partial charge is 0.343 e. The lowest BCUT2D eigenvalue weighted by molar-refractivity contribution is -0.152. The molecule has 0 radical (unpaired) electrons. The molecule has 11 amide bonds. The number of benzene rings is 1. The van der Waals surface area contributed by atoms with E-state index in [1.54, 1.807) is 27.9 Å². The van der Waals surface area contributed by atoms with E-state index in [4.69, 9.17) is 11.6 Å². The van der Waals surface area contributed by atoms with Gasteiger partial charge in [-0.25, -0.2) is 0 Å². The number of halogens is 4. The van der Waals surface area contributed by atoms with Crippen LogP contribution in [0, 0.1) is 23.7 Å². The minimum absolute atomic E-state index is 0.0350. The largest absolute Gasteiger partial charge is 0.417 e. The van der Waals surface area contributed by atoms with Crippen molar-refractivity contribution in [3.8, 4) is 0 Å². The summed E-state index contributed by atoms with van der Waals surface area (Å²) in [6, 6.07) is -4.38. The predicted octanol–water partition coefficient (Wildman–Crippen LogP) is 6.43. The van der Waals surface area contributed by atoms with Crippen LogP contribution in [0.4, 0.5) is 13.2 Å². The molecule has 0 aromatic heterocycles. The molecule has 5 aliphatic rings. The summed E-state index contributed by atoms with van der Waals surface area (Å²) in [5.41, 5.74) is -2.22. The van der Waals surface area contributed by atoms with E-state index in [0.717, 1.165) is 79.7 Å². The maximum absolute atomic E-state index is 15.4. The maximum atomic E-state index is 15.4. The van der Waals surface area contributed by atoms with Gasteiger partial charge in [-0.15, -0.1) is 0 Å². The van der Waals surface area contributed by atoms with Gasteiger partial charge in [-0.2, -0.15) is 13.2 Å². The first-order chi connectivity index (χ1) is 44.2. The van der Waals surface area contributed by atoms with E-state index >= 15 is 14.4 Å². The van der Waals surface area contributed by atoms with E-state index in [2.05, 4.69) is 16.0 Å². The number of alkyl halides is 3. The first kappa shape index (κ1) is 76.5. The third kappa shape index (κ3) is 19.6. The van der Waals surface area contributed by atoms with Crippen molar-refractivity contribution in [2.24, 2.45) is 23.7 Å². The highest BCUT2D eigenvalue weighted by Gasteiger charge is 2.50. The van der Waals surface area contributed by atoms with Crippen molar-refractivity contribution in [3.05, 3.63) is 34.3 Å². The molecule has 3 aliphatic carbocycles. The van der Waals surface area contributed by atoms with Crippen molar-refractivity contribution in [2.75, 3.05) is 75.5 Å². The van der Waals surface area contributed by atoms with Gasteiger partial charge in [0, 0.05) is 68.3 Å². The molecule has 2 saturated heterocycles. The van der Waals surface area contributed by atoms with Crippen LogP contribution in [-0.2, 0) is 65.3 Å². The van der Waals surface area contributed by atoms with E-state index in [0.29, 0.717) is 37.7 Å². The second-order valence-corrected chi connectivity index (χ2v) is 28.6. The number of hydrogen-bond donors (Lipinski definition) is 3. The summed E-state index contributed by atoms with van der Waals surface area (Å²) in [5, 5.41) is 8.20. The molecule has 1 spiro atoms. The molecule has 3 saturated carbocycles. The Morgan fingerprint density at radius 2 is 1.17 bits per heavy atom. The van der Waals surface area contributed by atoms with Gasteiger partial charge in [0.15, 0.2) is 0 Å². The summed E-state index contributed by atoms with van der Waals surface area (Å²) in [4.78, 5) is 172. The van der Waals surface area contributed by atoms with Gasteiger partial charge in [0.05, 0.1) is 30.2 Å². The molecule has 2 aliphatic heterocycles. The molecule has 1 aromatic carbocycles. The highest BCUT2D eigenvalue weighted by molar-refractivity contribution is 6.31. The zero-order valence-electron chi connectivity index (χ0n) is 57.5. The summed E-state index contributed by atoms with van der Waals surface area (Å²) < 4.78 is 41.4. The van der Waals surface area contributed by atoms with Crippen LogP contribution in [-0.4, -0.2) is 228 Å². The highest BCUT2D eigenvalue weighted by Crippen LogP contribution is 2.38. The lowest BCUT2D eigenvalue weighted by Crippen LogP contribution is -2.64. The summed E-state index contributed by atoms with van der Waals surface area (Å²) in [6.07, 6.45) is 6.13. The first-order valence-corrected chi connectivity index (χ1v) is 34.4. The normalized spacial score (nSPS) is 26.8. The number of fused-ring (bicyclic) bond motifs is 1. The van der Waals surface area contributed by atoms with Gasteiger partial charge < -0.3 is 55.1 Å². The van der Waals surface area contributed by atoms with Crippen LogP contribution in [0.3, 0.4) is 0 Å². The molecule has 2 heterocycles. The van der Waals surface area contributed by atoms with Crippen LogP contribution in [0.5, 0.6) is 0 Å². The summed E-state index contributed by atoms with van der Waals surface area (Å²) in [6.45, 7) is 7.62. The number of carbonyl (C=O) groups is 11. The molecule has 8 atom stereocenters. The highest BCUT2D eigenvalue weighted by atomic mass is 35.5. The van der Waals surface area contributed by atoms with E-state index < -0.39 is 155 Å². The zero-order chi connectivity index (χ0) is 69.7. The van der Waals surface area contributed by atoms with Crippen molar-refractivity contribution < 1.29 is 65.9 Å². The lowest BCUT2D eigenvalue weighted by atomic mass is 9.84. The van der Waals surface area contributed by atoms with Crippen molar-refractivity contribution in [3.63, 3.8) is 0 Å². The molecule has 22 nitrogen and oxygen atoms in total. The Kier molecular flexibility index (Phi) is 27.6. The minimum atomic E-state index is -4.74. The molecule has 0 bridgehead atoms. The third-order valence-corrected chi connectivity index (χ3v) is 21.0. The van der Waals surface area contributed by atoms with Gasteiger partial charge in [0.2, 0.25) is 65.0 Å². The molecule has 26 heteroatoms. The summed E-state index contributed by atoms with van der Waals surface area (Å²) in [7, 11) is 10.3. The van der Waals surface area contributed by atoms with Gasteiger partial charge in [0.1, 0.15) is 41.8 Å². The Labute approximate surface area is 558 Å². The third-order valence-electron chi connectivity index (χ3n) is 20.7. The van der Waals surface area contributed by atoms with Gasteiger partial charge in [-0.1, -0.05) is 122 Å². The average molecular weight is 1350 g/mol. The average Bonchev–Trinajstić information content (AvgIpc) is 1.53. The van der Waals surface area contributed by atoms with Gasteiger partial charge in [0.25, 0.3) is 0 Å². The zero-order valence-corrected chi connectivity index (χ0v) is 58.3. The molecule has 3 N–H and O–H groups in total. The van der Waals surface area contributed by atoms with E-state index in [1.807, 2.05) is 20.8 Å². The van der Waals surface area contributed by atoms with Crippen molar-refractivity contribution >= 4 is 76.6 Å². The second kappa shape index (κ2) is 33.9.